The quantitative estimate of drug-likeness (QED) is 0.862. The largest absolute Gasteiger partial charge is 0.486 e. The summed E-state index contributed by atoms with van der Waals surface area (Å²) in [5, 5.41) is 3.30. The normalized spacial score (nSPS) is 16.5. The Balaban J connectivity index is 1.52. The molecule has 1 saturated carbocycles. The Morgan fingerprint density at radius 3 is 2.54 bits per heavy atom. The molecule has 0 saturated heterocycles. The van der Waals surface area contributed by atoms with Gasteiger partial charge in [0.15, 0.2) is 11.5 Å². The molecule has 0 amide bonds. The van der Waals surface area contributed by atoms with E-state index in [0.717, 1.165) is 5.69 Å². The highest BCUT2D eigenvalue weighted by atomic mass is 32.2. The van der Waals surface area contributed by atoms with E-state index in [0.29, 0.717) is 30.8 Å². The van der Waals surface area contributed by atoms with Gasteiger partial charge in [-0.15, -0.1) is 0 Å². The number of ether oxygens (including phenoxy) is 2. The molecule has 0 bridgehead atoms. The third-order valence-electron chi connectivity index (χ3n) is 3.77. The van der Waals surface area contributed by atoms with Crippen LogP contribution in [-0.4, -0.2) is 32.7 Å². The molecule has 126 valence electrons. The van der Waals surface area contributed by atoms with Crippen LogP contribution in [0.15, 0.2) is 41.4 Å². The summed E-state index contributed by atoms with van der Waals surface area (Å²) in [7, 11) is -3.74. The fourth-order valence-electron chi connectivity index (χ4n) is 2.39. The van der Waals surface area contributed by atoms with Crippen LogP contribution in [0.4, 0.5) is 11.5 Å². The Labute approximate surface area is 140 Å². The van der Waals surface area contributed by atoms with Gasteiger partial charge in [0.25, 0.3) is 10.0 Å². The molecular formula is C16H17N3O4S. The molecule has 1 aliphatic carbocycles. The van der Waals surface area contributed by atoms with Gasteiger partial charge in [0.05, 0.1) is 16.8 Å². The minimum atomic E-state index is -3.74. The van der Waals surface area contributed by atoms with Crippen molar-refractivity contribution in [2.75, 3.05) is 23.3 Å². The van der Waals surface area contributed by atoms with Crippen molar-refractivity contribution >= 4 is 21.5 Å². The summed E-state index contributed by atoms with van der Waals surface area (Å²) in [4.78, 5) is 4.25. The van der Waals surface area contributed by atoms with E-state index in [9.17, 15) is 8.42 Å². The molecule has 8 heteroatoms. The van der Waals surface area contributed by atoms with Gasteiger partial charge < -0.3 is 14.8 Å². The van der Waals surface area contributed by atoms with Crippen molar-refractivity contribution in [3.63, 3.8) is 0 Å². The highest BCUT2D eigenvalue weighted by molar-refractivity contribution is 7.92. The number of benzene rings is 1. The lowest BCUT2D eigenvalue weighted by Crippen LogP contribution is -2.17. The van der Waals surface area contributed by atoms with E-state index >= 15 is 0 Å². The maximum Gasteiger partial charge on any atom is 0.263 e. The number of aromatic nitrogens is 1. The predicted molar refractivity (Wildman–Crippen MR) is 89.1 cm³/mol. The molecule has 24 heavy (non-hydrogen) atoms. The number of fused-ring (bicyclic) bond motifs is 1. The molecule has 1 aromatic carbocycles. The summed E-state index contributed by atoms with van der Waals surface area (Å²) in [6.07, 6.45) is 3.96. The smallest absolute Gasteiger partial charge is 0.263 e. The minimum absolute atomic E-state index is 0.105. The average molecular weight is 347 g/mol. The number of sulfonamides is 1. The van der Waals surface area contributed by atoms with Crippen molar-refractivity contribution in [2.24, 2.45) is 0 Å². The van der Waals surface area contributed by atoms with Gasteiger partial charge in [0, 0.05) is 12.1 Å². The Morgan fingerprint density at radius 2 is 1.83 bits per heavy atom. The summed E-state index contributed by atoms with van der Waals surface area (Å²) >= 11 is 0. The number of hydrogen-bond acceptors (Lipinski definition) is 6. The van der Waals surface area contributed by atoms with Crippen LogP contribution < -0.4 is 19.5 Å². The first-order valence-corrected chi connectivity index (χ1v) is 9.23. The second kappa shape index (κ2) is 5.86. The van der Waals surface area contributed by atoms with Gasteiger partial charge in [0.2, 0.25) is 0 Å². The van der Waals surface area contributed by atoms with Crippen molar-refractivity contribution in [2.45, 2.75) is 23.8 Å². The van der Waals surface area contributed by atoms with Gasteiger partial charge in [-0.25, -0.2) is 13.4 Å². The highest BCUT2D eigenvalue weighted by Gasteiger charge is 2.22. The van der Waals surface area contributed by atoms with Crippen molar-refractivity contribution in [3.05, 3.63) is 36.5 Å². The number of nitrogens with one attached hydrogen (secondary N) is 2. The first kappa shape index (κ1) is 15.1. The molecule has 1 fully saturated rings. The average Bonchev–Trinajstić information content (AvgIpc) is 3.40. The second-order valence-electron chi connectivity index (χ2n) is 5.76. The molecule has 2 N–H and O–H groups in total. The number of pyridine rings is 1. The maximum atomic E-state index is 12.5. The van der Waals surface area contributed by atoms with Gasteiger partial charge in [-0.3, -0.25) is 4.72 Å². The Hall–Kier alpha value is -2.48. The fraction of sp³-hybridized carbons (Fsp3) is 0.312. The van der Waals surface area contributed by atoms with E-state index in [1.807, 2.05) is 6.07 Å². The third-order valence-corrected chi connectivity index (χ3v) is 5.13. The Kier molecular flexibility index (Phi) is 3.68. The fourth-order valence-corrected chi connectivity index (χ4v) is 3.41. The third kappa shape index (κ3) is 3.23. The van der Waals surface area contributed by atoms with Crippen LogP contribution in [0, 0.1) is 0 Å². The van der Waals surface area contributed by atoms with Crippen molar-refractivity contribution in [1.82, 2.24) is 4.98 Å². The van der Waals surface area contributed by atoms with Crippen LogP contribution in [0.25, 0.3) is 0 Å². The number of nitrogens with zero attached hydrogens (tertiary/aromatic N) is 1. The molecule has 0 atom stereocenters. The number of rotatable bonds is 5. The molecule has 0 radical (unpaired) electrons. The van der Waals surface area contributed by atoms with E-state index in [1.54, 1.807) is 18.3 Å². The minimum Gasteiger partial charge on any atom is -0.486 e. The molecule has 2 aromatic rings. The van der Waals surface area contributed by atoms with E-state index < -0.39 is 10.0 Å². The van der Waals surface area contributed by atoms with Crippen LogP contribution in [0.3, 0.4) is 0 Å². The van der Waals surface area contributed by atoms with Crippen molar-refractivity contribution < 1.29 is 17.9 Å². The van der Waals surface area contributed by atoms with Gasteiger partial charge >= 0.3 is 0 Å². The molecular weight excluding hydrogens is 330 g/mol. The van der Waals surface area contributed by atoms with Crippen LogP contribution in [0.1, 0.15) is 12.8 Å². The zero-order valence-electron chi connectivity index (χ0n) is 12.9. The predicted octanol–water partition coefficient (Wildman–Crippen LogP) is 2.23. The molecule has 0 spiro atoms. The van der Waals surface area contributed by atoms with Gasteiger partial charge in [0.1, 0.15) is 19.0 Å². The molecule has 1 aliphatic heterocycles. The highest BCUT2D eigenvalue weighted by Crippen LogP contribution is 2.32. The van der Waals surface area contributed by atoms with Crippen LogP contribution in [0.5, 0.6) is 11.5 Å². The van der Waals surface area contributed by atoms with E-state index in [-0.39, 0.29) is 10.7 Å². The monoisotopic (exact) mass is 347 g/mol. The van der Waals surface area contributed by atoms with E-state index in [1.165, 1.54) is 25.0 Å². The zero-order chi connectivity index (χ0) is 16.6. The summed E-state index contributed by atoms with van der Waals surface area (Å²) in [5.74, 6) is 1.25. The zero-order valence-corrected chi connectivity index (χ0v) is 13.7. The summed E-state index contributed by atoms with van der Waals surface area (Å²) in [5.41, 5.74) is 0.889. The molecule has 0 unspecified atom stereocenters. The van der Waals surface area contributed by atoms with E-state index in [2.05, 4.69) is 15.0 Å². The second-order valence-corrected chi connectivity index (χ2v) is 7.44. The number of hydrogen-bond donors (Lipinski definition) is 2. The number of anilines is 2. The Morgan fingerprint density at radius 1 is 1.04 bits per heavy atom. The van der Waals surface area contributed by atoms with Crippen molar-refractivity contribution in [1.29, 1.82) is 0 Å². The molecule has 2 aliphatic rings. The van der Waals surface area contributed by atoms with E-state index in [4.69, 9.17) is 9.47 Å². The first-order valence-electron chi connectivity index (χ1n) is 7.75. The molecule has 7 nitrogen and oxygen atoms in total. The van der Waals surface area contributed by atoms with Gasteiger partial charge in [-0.2, -0.15) is 0 Å². The first-order chi connectivity index (χ1) is 11.6. The lowest BCUT2D eigenvalue weighted by atomic mass is 10.3. The van der Waals surface area contributed by atoms with Crippen LogP contribution >= 0.6 is 0 Å². The Bertz CT molecular complexity index is 848. The molecule has 4 rings (SSSR count). The molecule has 1 aromatic heterocycles. The summed E-state index contributed by atoms with van der Waals surface area (Å²) in [6.45, 7) is 0.865. The van der Waals surface area contributed by atoms with Crippen molar-refractivity contribution in [3.8, 4) is 11.5 Å². The SMILES string of the molecule is O=S(=O)(Nc1ccc(NC2CC2)cn1)c1ccc2c(c1)OCCO2. The van der Waals surface area contributed by atoms with Crippen LogP contribution in [0.2, 0.25) is 0 Å². The van der Waals surface area contributed by atoms with Gasteiger partial charge in [-0.1, -0.05) is 0 Å². The standard InChI is InChI=1S/C16H17N3O4S/c20-24(21,13-4-5-14-15(9-13)23-8-7-22-14)19-16-6-3-12(10-17-16)18-11-1-2-11/h3-6,9-11,18H,1-2,7-8H2,(H,17,19). The maximum absolute atomic E-state index is 12.5. The lowest BCUT2D eigenvalue weighted by Gasteiger charge is -2.19. The lowest BCUT2D eigenvalue weighted by molar-refractivity contribution is 0.171. The van der Waals surface area contributed by atoms with Gasteiger partial charge in [-0.05, 0) is 37.1 Å². The topological polar surface area (TPSA) is 89.6 Å². The summed E-state index contributed by atoms with van der Waals surface area (Å²) in [6, 6.07) is 8.51. The summed E-state index contributed by atoms with van der Waals surface area (Å²) < 4.78 is 38.3. The molecule has 2 heterocycles. The van der Waals surface area contributed by atoms with Crippen LogP contribution in [-0.2, 0) is 10.0 Å².